The smallest absolute Gasteiger partial charge is 0.343 e. The number of esters is 1. The number of aromatic nitrogens is 2. The molecule has 1 atom stereocenters. The Morgan fingerprint density at radius 3 is 2.47 bits per heavy atom. The second kappa shape index (κ2) is 11.5. The third-order valence-corrected chi connectivity index (χ3v) is 6.74. The van der Waals surface area contributed by atoms with Crippen molar-refractivity contribution in [2.75, 3.05) is 36.5 Å². The van der Waals surface area contributed by atoms with Gasteiger partial charge in [0.15, 0.2) is 6.10 Å². The molecule has 36 heavy (non-hydrogen) atoms. The fraction of sp³-hybridized carbons (Fsp3) is 0.320. The van der Waals surface area contributed by atoms with Crippen LogP contribution < -0.4 is 10.2 Å². The Bertz CT molecular complexity index is 1260. The van der Waals surface area contributed by atoms with Gasteiger partial charge in [-0.2, -0.15) is 5.10 Å². The summed E-state index contributed by atoms with van der Waals surface area (Å²) in [6.45, 7) is 6.41. The molecule has 0 saturated carbocycles. The molecule has 2 heterocycles. The largest absolute Gasteiger partial charge is 0.449 e. The SMILES string of the molecule is Cc1nn(Cc2ccc(Cl)cc2Cl)c(Cl)c1C(=O)O[C@@H](C)C(=O)Nc1ccc(N2CCOCC2)cc1. The summed E-state index contributed by atoms with van der Waals surface area (Å²) in [5, 5.41) is 8.16. The predicted molar refractivity (Wildman–Crippen MR) is 141 cm³/mol. The quantitative estimate of drug-likeness (QED) is 0.405. The number of amides is 1. The second-order valence-corrected chi connectivity index (χ2v) is 9.53. The van der Waals surface area contributed by atoms with Crippen LogP contribution in [-0.2, 0) is 20.8 Å². The zero-order chi connectivity index (χ0) is 25.8. The van der Waals surface area contributed by atoms with Crippen LogP contribution in [0.1, 0.15) is 28.5 Å². The van der Waals surface area contributed by atoms with E-state index in [0.717, 1.165) is 24.3 Å². The predicted octanol–water partition coefficient (Wildman–Crippen LogP) is 5.22. The molecule has 11 heteroatoms. The maximum atomic E-state index is 12.9. The number of rotatable bonds is 7. The van der Waals surface area contributed by atoms with Gasteiger partial charge in [0.25, 0.3) is 5.91 Å². The number of carbonyl (C=O) groups excluding carboxylic acids is 2. The molecule has 4 rings (SSSR count). The molecular formula is C25H25Cl3N4O4. The van der Waals surface area contributed by atoms with Crippen LogP contribution in [0.3, 0.4) is 0 Å². The maximum absolute atomic E-state index is 12.9. The fourth-order valence-electron chi connectivity index (χ4n) is 3.80. The number of morpholine rings is 1. The standard InChI is InChI=1S/C25H25Cl3N4O4/c1-15-22(23(28)32(30-15)14-17-3-4-18(26)13-21(17)27)25(34)36-16(2)24(33)29-19-5-7-20(8-6-19)31-9-11-35-12-10-31/h3-8,13,16H,9-12,14H2,1-2H3,(H,29,33)/t16-/m0/s1. The van der Waals surface area contributed by atoms with Crippen LogP contribution in [0.4, 0.5) is 11.4 Å². The van der Waals surface area contributed by atoms with Gasteiger partial charge in [-0.1, -0.05) is 40.9 Å². The molecule has 3 aromatic rings. The van der Waals surface area contributed by atoms with Crippen molar-refractivity contribution in [3.63, 3.8) is 0 Å². The first-order valence-electron chi connectivity index (χ1n) is 11.3. The van der Waals surface area contributed by atoms with E-state index in [2.05, 4.69) is 15.3 Å². The van der Waals surface area contributed by atoms with Gasteiger partial charge in [-0.3, -0.25) is 4.79 Å². The second-order valence-electron chi connectivity index (χ2n) is 8.33. The van der Waals surface area contributed by atoms with E-state index in [1.54, 1.807) is 25.1 Å². The number of anilines is 2. The van der Waals surface area contributed by atoms with E-state index in [1.807, 2.05) is 24.3 Å². The highest BCUT2D eigenvalue weighted by Crippen LogP contribution is 2.26. The van der Waals surface area contributed by atoms with E-state index in [9.17, 15) is 9.59 Å². The number of ether oxygens (including phenoxy) is 2. The zero-order valence-electron chi connectivity index (χ0n) is 19.8. The summed E-state index contributed by atoms with van der Waals surface area (Å²) < 4.78 is 12.2. The summed E-state index contributed by atoms with van der Waals surface area (Å²) in [4.78, 5) is 27.7. The number of nitrogens with zero attached hydrogens (tertiary/aromatic N) is 3. The lowest BCUT2D eigenvalue weighted by atomic mass is 10.2. The minimum absolute atomic E-state index is 0.0924. The van der Waals surface area contributed by atoms with Gasteiger partial charge in [0.2, 0.25) is 0 Å². The van der Waals surface area contributed by atoms with Crippen LogP contribution in [0.5, 0.6) is 0 Å². The van der Waals surface area contributed by atoms with Crippen molar-refractivity contribution in [2.45, 2.75) is 26.5 Å². The van der Waals surface area contributed by atoms with Crippen LogP contribution in [0.2, 0.25) is 15.2 Å². The van der Waals surface area contributed by atoms with Gasteiger partial charge in [0.05, 0.1) is 25.5 Å². The lowest BCUT2D eigenvalue weighted by Crippen LogP contribution is -2.36. The Morgan fingerprint density at radius 1 is 1.11 bits per heavy atom. The Hall–Kier alpha value is -2.78. The highest BCUT2D eigenvalue weighted by atomic mass is 35.5. The molecule has 8 nitrogen and oxygen atoms in total. The summed E-state index contributed by atoms with van der Waals surface area (Å²) in [6.07, 6.45) is -1.05. The first-order valence-corrected chi connectivity index (χ1v) is 12.5. The summed E-state index contributed by atoms with van der Waals surface area (Å²) >= 11 is 18.6. The topological polar surface area (TPSA) is 85.7 Å². The third-order valence-electron chi connectivity index (χ3n) is 5.77. The molecule has 2 aromatic carbocycles. The molecule has 1 saturated heterocycles. The molecule has 1 aliphatic heterocycles. The molecule has 0 radical (unpaired) electrons. The Kier molecular flexibility index (Phi) is 8.41. The van der Waals surface area contributed by atoms with Crippen LogP contribution in [0.15, 0.2) is 42.5 Å². The van der Waals surface area contributed by atoms with Gasteiger partial charge >= 0.3 is 5.97 Å². The highest BCUT2D eigenvalue weighted by molar-refractivity contribution is 6.35. The first-order chi connectivity index (χ1) is 17.2. The van der Waals surface area contributed by atoms with E-state index < -0.39 is 18.0 Å². The summed E-state index contributed by atoms with van der Waals surface area (Å²) in [5.74, 6) is -1.20. The summed E-state index contributed by atoms with van der Waals surface area (Å²) in [7, 11) is 0. The van der Waals surface area contributed by atoms with Crippen molar-refractivity contribution < 1.29 is 19.1 Å². The molecule has 1 N–H and O–H groups in total. The molecule has 0 aliphatic carbocycles. The van der Waals surface area contributed by atoms with Gasteiger partial charge < -0.3 is 19.7 Å². The van der Waals surface area contributed by atoms with E-state index >= 15 is 0 Å². The molecule has 0 bridgehead atoms. The van der Waals surface area contributed by atoms with E-state index in [4.69, 9.17) is 44.3 Å². The number of benzene rings is 2. The Labute approximate surface area is 224 Å². The highest BCUT2D eigenvalue weighted by Gasteiger charge is 2.26. The molecule has 0 unspecified atom stereocenters. The minimum Gasteiger partial charge on any atom is -0.449 e. The number of nitrogens with one attached hydrogen (secondary N) is 1. The number of halogens is 3. The van der Waals surface area contributed by atoms with Crippen molar-refractivity contribution in [3.05, 3.63) is 74.5 Å². The van der Waals surface area contributed by atoms with Crippen LogP contribution in [0.25, 0.3) is 0 Å². The Morgan fingerprint density at radius 2 is 1.81 bits per heavy atom. The normalized spacial score (nSPS) is 14.4. The number of aryl methyl sites for hydroxylation is 1. The van der Waals surface area contributed by atoms with Crippen molar-refractivity contribution >= 4 is 58.1 Å². The minimum atomic E-state index is -1.05. The van der Waals surface area contributed by atoms with Crippen molar-refractivity contribution in [1.82, 2.24) is 9.78 Å². The van der Waals surface area contributed by atoms with Crippen LogP contribution in [-0.4, -0.2) is 54.1 Å². The lowest BCUT2D eigenvalue weighted by Gasteiger charge is -2.28. The molecule has 0 spiro atoms. The molecular weight excluding hydrogens is 527 g/mol. The third kappa shape index (κ3) is 6.13. The van der Waals surface area contributed by atoms with E-state index in [1.165, 1.54) is 11.6 Å². The number of hydrogen-bond acceptors (Lipinski definition) is 6. The van der Waals surface area contributed by atoms with Gasteiger partial charge in [-0.25, -0.2) is 9.48 Å². The van der Waals surface area contributed by atoms with Gasteiger partial charge in [0.1, 0.15) is 10.7 Å². The molecule has 190 valence electrons. The van der Waals surface area contributed by atoms with Gasteiger partial charge in [-0.15, -0.1) is 0 Å². The Balaban J connectivity index is 1.38. The average molecular weight is 552 g/mol. The fourth-order valence-corrected chi connectivity index (χ4v) is 4.57. The van der Waals surface area contributed by atoms with Crippen molar-refractivity contribution in [2.24, 2.45) is 0 Å². The maximum Gasteiger partial charge on any atom is 0.343 e. The summed E-state index contributed by atoms with van der Waals surface area (Å²) in [5.41, 5.74) is 2.86. The number of carbonyl (C=O) groups is 2. The number of hydrogen-bond donors (Lipinski definition) is 1. The molecule has 1 amide bonds. The molecule has 1 aliphatic rings. The monoisotopic (exact) mass is 550 g/mol. The first kappa shape index (κ1) is 26.3. The van der Waals surface area contributed by atoms with E-state index in [-0.39, 0.29) is 17.3 Å². The van der Waals surface area contributed by atoms with Gasteiger partial charge in [-0.05, 0) is 55.8 Å². The zero-order valence-corrected chi connectivity index (χ0v) is 22.0. The van der Waals surface area contributed by atoms with Crippen molar-refractivity contribution in [3.8, 4) is 0 Å². The lowest BCUT2D eigenvalue weighted by molar-refractivity contribution is -0.123. The molecule has 1 fully saturated rings. The van der Waals surface area contributed by atoms with Crippen LogP contribution >= 0.6 is 34.8 Å². The van der Waals surface area contributed by atoms with E-state index in [0.29, 0.717) is 34.6 Å². The van der Waals surface area contributed by atoms with Crippen molar-refractivity contribution in [1.29, 1.82) is 0 Å². The average Bonchev–Trinajstić information content (AvgIpc) is 3.14. The van der Waals surface area contributed by atoms with Gasteiger partial charge in [0, 0.05) is 34.5 Å². The van der Waals surface area contributed by atoms with Crippen LogP contribution in [0, 0.1) is 6.92 Å². The molecule has 1 aromatic heterocycles. The summed E-state index contributed by atoms with van der Waals surface area (Å²) in [6, 6.07) is 12.6.